The van der Waals surface area contributed by atoms with Crippen molar-refractivity contribution in [2.45, 2.75) is 6.54 Å². The van der Waals surface area contributed by atoms with Gasteiger partial charge in [0.2, 0.25) is 0 Å². The molecule has 2 amide bonds. The first-order valence-corrected chi connectivity index (χ1v) is 5.60. The van der Waals surface area contributed by atoms with Crippen molar-refractivity contribution in [3.63, 3.8) is 0 Å². The molecule has 0 atom stereocenters. The second-order valence-electron chi connectivity index (χ2n) is 4.21. The fourth-order valence-electron chi connectivity index (χ4n) is 1.87. The number of amides is 2. The molecule has 0 aliphatic carbocycles. The number of nitrogens with two attached hydrogens (primary N) is 1. The molecule has 0 saturated carbocycles. The van der Waals surface area contributed by atoms with Gasteiger partial charge >= 0.3 is 11.8 Å². The number of rotatable bonds is 2. The van der Waals surface area contributed by atoms with Crippen LogP contribution in [0.25, 0.3) is 10.8 Å². The molecule has 0 aliphatic rings. The van der Waals surface area contributed by atoms with Gasteiger partial charge in [-0.25, -0.2) is 0 Å². The van der Waals surface area contributed by atoms with Crippen molar-refractivity contribution in [1.82, 2.24) is 4.90 Å². The van der Waals surface area contributed by atoms with E-state index < -0.39 is 11.8 Å². The monoisotopic (exact) mass is 242 g/mol. The van der Waals surface area contributed by atoms with Crippen LogP contribution in [0, 0.1) is 0 Å². The topological polar surface area (TPSA) is 63.4 Å². The Bertz CT molecular complexity index is 608. The summed E-state index contributed by atoms with van der Waals surface area (Å²) in [6, 6.07) is 13.9. The van der Waals surface area contributed by atoms with Crippen LogP contribution in [0.3, 0.4) is 0 Å². The third kappa shape index (κ3) is 2.48. The number of fused-ring (bicyclic) bond motifs is 1. The first kappa shape index (κ1) is 12.1. The molecule has 2 aromatic carbocycles. The average molecular weight is 242 g/mol. The lowest BCUT2D eigenvalue weighted by Gasteiger charge is -2.15. The minimum Gasteiger partial charge on any atom is -0.361 e. The second kappa shape index (κ2) is 4.87. The molecular formula is C14H14N2O2. The zero-order valence-electron chi connectivity index (χ0n) is 10.1. The van der Waals surface area contributed by atoms with Gasteiger partial charge in [-0.3, -0.25) is 9.59 Å². The van der Waals surface area contributed by atoms with Gasteiger partial charge in [-0.1, -0.05) is 36.4 Å². The van der Waals surface area contributed by atoms with E-state index in [4.69, 9.17) is 5.73 Å². The molecule has 0 spiro atoms. The van der Waals surface area contributed by atoms with E-state index >= 15 is 0 Å². The van der Waals surface area contributed by atoms with E-state index in [1.165, 1.54) is 4.90 Å². The molecule has 0 aliphatic heterocycles. The Kier molecular flexibility index (Phi) is 3.28. The lowest BCUT2D eigenvalue weighted by molar-refractivity contribution is -0.143. The minimum absolute atomic E-state index is 0.368. The highest BCUT2D eigenvalue weighted by Gasteiger charge is 2.14. The highest BCUT2D eigenvalue weighted by atomic mass is 16.2. The summed E-state index contributed by atoms with van der Waals surface area (Å²) in [7, 11) is 1.56. The van der Waals surface area contributed by atoms with Crippen LogP contribution in [0.1, 0.15) is 5.56 Å². The van der Waals surface area contributed by atoms with Crippen LogP contribution in [0.15, 0.2) is 42.5 Å². The number of likely N-dealkylation sites (N-methyl/N-ethyl adjacent to an activating group) is 1. The third-order valence-electron chi connectivity index (χ3n) is 2.79. The van der Waals surface area contributed by atoms with Gasteiger partial charge in [0.25, 0.3) is 0 Å². The van der Waals surface area contributed by atoms with Gasteiger partial charge in [-0.2, -0.15) is 0 Å². The van der Waals surface area contributed by atoms with Gasteiger partial charge in [0.15, 0.2) is 0 Å². The van der Waals surface area contributed by atoms with E-state index in [0.717, 1.165) is 16.3 Å². The van der Waals surface area contributed by atoms with E-state index in [-0.39, 0.29) is 0 Å². The number of hydrogen-bond donors (Lipinski definition) is 1. The van der Waals surface area contributed by atoms with Gasteiger partial charge in [0.05, 0.1) is 0 Å². The Labute approximate surface area is 105 Å². The van der Waals surface area contributed by atoms with Crippen LogP contribution in [0.2, 0.25) is 0 Å². The fourth-order valence-corrected chi connectivity index (χ4v) is 1.87. The molecule has 0 aromatic heterocycles. The van der Waals surface area contributed by atoms with Crippen LogP contribution >= 0.6 is 0 Å². The summed E-state index contributed by atoms with van der Waals surface area (Å²) >= 11 is 0. The Morgan fingerprint density at radius 3 is 2.44 bits per heavy atom. The maximum atomic E-state index is 11.4. The van der Waals surface area contributed by atoms with E-state index in [9.17, 15) is 9.59 Å². The lowest BCUT2D eigenvalue weighted by Crippen LogP contribution is -2.37. The van der Waals surface area contributed by atoms with Crippen LogP contribution < -0.4 is 5.73 Å². The molecule has 0 heterocycles. The predicted molar refractivity (Wildman–Crippen MR) is 69.6 cm³/mol. The van der Waals surface area contributed by atoms with Gasteiger partial charge in [-0.05, 0) is 22.4 Å². The Hall–Kier alpha value is -2.36. The van der Waals surface area contributed by atoms with Crippen molar-refractivity contribution in [3.05, 3.63) is 48.0 Å². The summed E-state index contributed by atoms with van der Waals surface area (Å²) in [5, 5.41) is 2.25. The predicted octanol–water partition coefficient (Wildman–Crippen LogP) is 1.28. The SMILES string of the molecule is CN(Cc1ccc2ccccc2c1)C(=O)C(N)=O. The van der Waals surface area contributed by atoms with Crippen molar-refractivity contribution in [3.8, 4) is 0 Å². The summed E-state index contributed by atoms with van der Waals surface area (Å²) in [5.41, 5.74) is 5.91. The molecular weight excluding hydrogens is 228 g/mol. The van der Waals surface area contributed by atoms with Gasteiger partial charge in [0.1, 0.15) is 0 Å². The normalized spacial score (nSPS) is 10.3. The van der Waals surface area contributed by atoms with Crippen LogP contribution in [-0.4, -0.2) is 23.8 Å². The summed E-state index contributed by atoms with van der Waals surface area (Å²) < 4.78 is 0. The van der Waals surface area contributed by atoms with Crippen LogP contribution in [0.4, 0.5) is 0 Å². The van der Waals surface area contributed by atoms with Crippen molar-refractivity contribution < 1.29 is 9.59 Å². The molecule has 0 saturated heterocycles. The molecule has 0 unspecified atom stereocenters. The van der Waals surface area contributed by atoms with Gasteiger partial charge in [-0.15, -0.1) is 0 Å². The molecule has 0 radical (unpaired) electrons. The zero-order chi connectivity index (χ0) is 13.1. The maximum Gasteiger partial charge on any atom is 0.311 e. The number of carbonyl (C=O) groups excluding carboxylic acids is 2. The number of nitrogens with zero attached hydrogens (tertiary/aromatic N) is 1. The molecule has 92 valence electrons. The van der Waals surface area contributed by atoms with Crippen molar-refractivity contribution >= 4 is 22.6 Å². The fraction of sp³-hybridized carbons (Fsp3) is 0.143. The van der Waals surface area contributed by atoms with Crippen molar-refractivity contribution in [2.24, 2.45) is 5.73 Å². The molecule has 18 heavy (non-hydrogen) atoms. The largest absolute Gasteiger partial charge is 0.361 e. The highest BCUT2D eigenvalue weighted by Crippen LogP contribution is 2.16. The summed E-state index contributed by atoms with van der Waals surface area (Å²) in [5.74, 6) is -1.61. The molecule has 2 aromatic rings. The average Bonchev–Trinajstić information content (AvgIpc) is 2.37. The van der Waals surface area contributed by atoms with E-state index in [0.29, 0.717) is 6.54 Å². The molecule has 0 fully saturated rings. The quantitative estimate of drug-likeness (QED) is 0.806. The standard InChI is InChI=1S/C14H14N2O2/c1-16(14(18)13(15)17)9-10-6-7-11-4-2-3-5-12(11)8-10/h2-8H,9H2,1H3,(H2,15,17). The Morgan fingerprint density at radius 2 is 1.78 bits per heavy atom. The summed E-state index contributed by atoms with van der Waals surface area (Å²) in [4.78, 5) is 23.4. The molecule has 2 N–H and O–H groups in total. The second-order valence-corrected chi connectivity index (χ2v) is 4.21. The Morgan fingerprint density at radius 1 is 1.11 bits per heavy atom. The molecule has 4 heteroatoms. The molecule has 0 bridgehead atoms. The van der Waals surface area contributed by atoms with Crippen LogP contribution in [-0.2, 0) is 16.1 Å². The van der Waals surface area contributed by atoms with Crippen molar-refractivity contribution in [2.75, 3.05) is 7.05 Å². The van der Waals surface area contributed by atoms with Gasteiger partial charge < -0.3 is 10.6 Å². The van der Waals surface area contributed by atoms with Gasteiger partial charge in [0, 0.05) is 13.6 Å². The number of primary amides is 1. The summed E-state index contributed by atoms with van der Waals surface area (Å²) in [6.45, 7) is 0.368. The first-order valence-electron chi connectivity index (χ1n) is 5.60. The van der Waals surface area contributed by atoms with Crippen molar-refractivity contribution in [1.29, 1.82) is 0 Å². The van der Waals surface area contributed by atoms with E-state index in [1.54, 1.807) is 7.05 Å². The van der Waals surface area contributed by atoms with Crippen LogP contribution in [0.5, 0.6) is 0 Å². The minimum atomic E-state index is -0.932. The lowest BCUT2D eigenvalue weighted by atomic mass is 10.1. The zero-order valence-corrected chi connectivity index (χ0v) is 10.1. The van der Waals surface area contributed by atoms with E-state index in [1.807, 2.05) is 42.5 Å². The first-order chi connectivity index (χ1) is 8.58. The molecule has 4 nitrogen and oxygen atoms in total. The highest BCUT2D eigenvalue weighted by molar-refractivity contribution is 6.34. The number of carbonyl (C=O) groups is 2. The third-order valence-corrected chi connectivity index (χ3v) is 2.79. The maximum absolute atomic E-state index is 11.4. The number of hydrogen-bond acceptors (Lipinski definition) is 2. The van der Waals surface area contributed by atoms with E-state index in [2.05, 4.69) is 0 Å². The number of benzene rings is 2. The molecule has 2 rings (SSSR count). The smallest absolute Gasteiger partial charge is 0.311 e. The summed E-state index contributed by atoms with van der Waals surface area (Å²) in [6.07, 6.45) is 0. The Balaban J connectivity index is 2.22.